The number of carbonyl (C=O) groups excluding carboxylic acids is 1. The molecule has 0 radical (unpaired) electrons. The molecule has 1 aliphatic carbocycles. The van der Waals surface area contributed by atoms with Crippen LogP contribution < -0.4 is 15.0 Å². The van der Waals surface area contributed by atoms with Gasteiger partial charge < -0.3 is 20.1 Å². The number of fused-ring (bicyclic) bond motifs is 1. The number of nitrogens with one attached hydrogen (secondary N) is 1. The van der Waals surface area contributed by atoms with Crippen LogP contribution in [0.5, 0.6) is 5.75 Å². The Bertz CT molecular complexity index is 853. The zero-order valence-electron chi connectivity index (χ0n) is 16.0. The summed E-state index contributed by atoms with van der Waals surface area (Å²) >= 11 is 0. The van der Waals surface area contributed by atoms with Crippen LogP contribution in [0.2, 0.25) is 0 Å². The van der Waals surface area contributed by atoms with Crippen LogP contribution in [0.25, 0.3) is 10.9 Å². The zero-order chi connectivity index (χ0) is 19.0. The monoisotopic (exact) mass is 369 g/mol. The number of nitrogens with zero attached hydrogens (tertiary/aromatic N) is 2. The number of rotatable bonds is 5. The van der Waals surface area contributed by atoms with Crippen LogP contribution in [0.1, 0.15) is 43.0 Å². The van der Waals surface area contributed by atoms with Crippen LogP contribution in [0.4, 0.5) is 5.69 Å². The third-order valence-corrected chi connectivity index (χ3v) is 6.01. The lowest BCUT2D eigenvalue weighted by Gasteiger charge is -2.34. The molecule has 1 aromatic heterocycles. The van der Waals surface area contributed by atoms with Gasteiger partial charge in [0.05, 0.1) is 30.5 Å². The second kappa shape index (κ2) is 7.00. The minimum Gasteiger partial charge on any atom is -0.497 e. The van der Waals surface area contributed by atoms with Crippen LogP contribution in [0.15, 0.2) is 24.4 Å². The third-order valence-electron chi connectivity index (χ3n) is 6.01. The predicted octanol–water partition coefficient (Wildman–Crippen LogP) is 2.73. The van der Waals surface area contributed by atoms with Gasteiger partial charge in [0, 0.05) is 36.8 Å². The summed E-state index contributed by atoms with van der Waals surface area (Å²) < 4.78 is 5.50. The van der Waals surface area contributed by atoms with Gasteiger partial charge in [0.1, 0.15) is 5.75 Å². The minimum absolute atomic E-state index is 0.0961. The SMILES string of the molecule is COc1cc(N2CCC3(CC2)CC3)c2ncc(C(=O)N[C@H](C)CO)cc2c1. The van der Waals surface area contributed by atoms with Crippen LogP contribution >= 0.6 is 0 Å². The largest absolute Gasteiger partial charge is 0.497 e. The van der Waals surface area contributed by atoms with Gasteiger partial charge >= 0.3 is 0 Å². The molecule has 1 saturated heterocycles. The fraction of sp³-hybridized carbons (Fsp3) is 0.524. The molecule has 2 N–H and O–H groups in total. The Balaban J connectivity index is 1.66. The van der Waals surface area contributed by atoms with Crippen molar-refractivity contribution in [3.05, 3.63) is 30.0 Å². The van der Waals surface area contributed by atoms with E-state index in [1.54, 1.807) is 20.2 Å². The van der Waals surface area contributed by atoms with E-state index in [0.717, 1.165) is 35.4 Å². The molecule has 1 aromatic carbocycles. The fourth-order valence-corrected chi connectivity index (χ4v) is 3.94. The Hall–Kier alpha value is -2.34. The second-order valence-electron chi connectivity index (χ2n) is 7.99. The van der Waals surface area contributed by atoms with Crippen molar-refractivity contribution in [2.24, 2.45) is 5.41 Å². The topological polar surface area (TPSA) is 74.7 Å². The number of carbonyl (C=O) groups is 1. The number of hydrogen-bond acceptors (Lipinski definition) is 5. The molecule has 2 aliphatic rings. The zero-order valence-corrected chi connectivity index (χ0v) is 16.0. The van der Waals surface area contributed by atoms with E-state index in [-0.39, 0.29) is 18.6 Å². The molecule has 0 bridgehead atoms. The van der Waals surface area contributed by atoms with Crippen LogP contribution in [0.3, 0.4) is 0 Å². The molecule has 6 heteroatoms. The molecule has 1 atom stereocenters. The van der Waals surface area contributed by atoms with Crippen molar-refractivity contribution in [2.75, 3.05) is 31.7 Å². The van der Waals surface area contributed by atoms with E-state index in [4.69, 9.17) is 9.84 Å². The highest BCUT2D eigenvalue weighted by Gasteiger charge is 2.44. The molecule has 1 saturated carbocycles. The number of hydrogen-bond donors (Lipinski definition) is 2. The molecular formula is C21H27N3O3. The van der Waals surface area contributed by atoms with Gasteiger partial charge in [0.25, 0.3) is 5.91 Å². The number of aromatic nitrogens is 1. The van der Waals surface area contributed by atoms with E-state index in [2.05, 4.69) is 15.2 Å². The summed E-state index contributed by atoms with van der Waals surface area (Å²) in [4.78, 5) is 19.4. The van der Waals surface area contributed by atoms with Crippen LogP contribution in [-0.4, -0.2) is 48.8 Å². The van der Waals surface area contributed by atoms with Crippen molar-refractivity contribution in [3.8, 4) is 5.75 Å². The molecule has 2 fully saturated rings. The molecule has 1 spiro atoms. The van der Waals surface area contributed by atoms with Crippen molar-refractivity contribution >= 4 is 22.5 Å². The Morgan fingerprint density at radius 2 is 2.04 bits per heavy atom. The number of pyridine rings is 1. The molecule has 4 rings (SSSR count). The maximum absolute atomic E-state index is 12.4. The first kappa shape index (κ1) is 18.0. The number of aliphatic hydroxyl groups is 1. The Kier molecular flexibility index (Phi) is 4.68. The molecule has 0 unspecified atom stereocenters. The number of piperidine rings is 1. The number of amides is 1. The van der Waals surface area contributed by atoms with Crippen molar-refractivity contribution < 1.29 is 14.6 Å². The normalized spacial score (nSPS) is 19.1. The minimum atomic E-state index is -0.294. The Labute approximate surface area is 159 Å². The van der Waals surface area contributed by atoms with E-state index in [9.17, 15) is 4.79 Å². The molecule has 6 nitrogen and oxygen atoms in total. The van der Waals surface area contributed by atoms with Crippen LogP contribution in [-0.2, 0) is 0 Å². The molecule has 1 amide bonds. The molecule has 27 heavy (non-hydrogen) atoms. The van der Waals surface area contributed by atoms with Crippen molar-refractivity contribution in [1.29, 1.82) is 0 Å². The molecule has 1 aliphatic heterocycles. The molecular weight excluding hydrogens is 342 g/mol. The highest BCUT2D eigenvalue weighted by atomic mass is 16.5. The van der Waals surface area contributed by atoms with Gasteiger partial charge in [-0.25, -0.2) is 0 Å². The molecule has 2 aromatic rings. The lowest BCUT2D eigenvalue weighted by molar-refractivity contribution is 0.0922. The van der Waals surface area contributed by atoms with Gasteiger partial charge in [-0.3, -0.25) is 9.78 Å². The average Bonchev–Trinajstić information content (AvgIpc) is 3.45. The van der Waals surface area contributed by atoms with Crippen molar-refractivity contribution in [1.82, 2.24) is 10.3 Å². The lowest BCUT2D eigenvalue weighted by atomic mass is 9.93. The van der Waals surface area contributed by atoms with Gasteiger partial charge in [0.2, 0.25) is 0 Å². The second-order valence-corrected chi connectivity index (χ2v) is 7.99. The van der Waals surface area contributed by atoms with E-state index in [1.807, 2.05) is 18.2 Å². The first-order valence-corrected chi connectivity index (χ1v) is 9.68. The highest BCUT2D eigenvalue weighted by Crippen LogP contribution is 2.54. The number of aliphatic hydroxyl groups excluding tert-OH is 1. The highest BCUT2D eigenvalue weighted by molar-refractivity contribution is 6.00. The van der Waals surface area contributed by atoms with Gasteiger partial charge in [-0.1, -0.05) is 0 Å². The van der Waals surface area contributed by atoms with E-state index in [1.165, 1.54) is 25.7 Å². The van der Waals surface area contributed by atoms with E-state index in [0.29, 0.717) is 11.0 Å². The van der Waals surface area contributed by atoms with E-state index >= 15 is 0 Å². The van der Waals surface area contributed by atoms with Gasteiger partial charge in [0.15, 0.2) is 0 Å². The first-order valence-electron chi connectivity index (χ1n) is 9.68. The predicted molar refractivity (Wildman–Crippen MR) is 105 cm³/mol. The van der Waals surface area contributed by atoms with Crippen LogP contribution in [0, 0.1) is 5.41 Å². The Morgan fingerprint density at radius 3 is 2.67 bits per heavy atom. The lowest BCUT2D eigenvalue weighted by Crippen LogP contribution is -2.35. The number of ether oxygens (including phenoxy) is 1. The Morgan fingerprint density at radius 1 is 1.30 bits per heavy atom. The van der Waals surface area contributed by atoms with Crippen molar-refractivity contribution in [3.63, 3.8) is 0 Å². The standard InChI is InChI=1S/C21H27N3O3/c1-14(13-25)23-20(26)16-9-15-10-17(27-2)11-18(19(15)22-12-16)24-7-5-21(3-4-21)6-8-24/h9-12,14,25H,3-8,13H2,1-2H3,(H,23,26)/t14-/m1/s1. The van der Waals surface area contributed by atoms with E-state index < -0.39 is 0 Å². The fourth-order valence-electron chi connectivity index (χ4n) is 3.94. The number of benzene rings is 1. The van der Waals surface area contributed by atoms with Crippen molar-refractivity contribution in [2.45, 2.75) is 38.6 Å². The van der Waals surface area contributed by atoms with Gasteiger partial charge in [-0.05, 0) is 50.2 Å². The summed E-state index contributed by atoms with van der Waals surface area (Å²) in [5.41, 5.74) is 3.08. The molecule has 2 heterocycles. The summed E-state index contributed by atoms with van der Waals surface area (Å²) in [6, 6.07) is 5.52. The summed E-state index contributed by atoms with van der Waals surface area (Å²) in [5.74, 6) is 0.538. The van der Waals surface area contributed by atoms with Gasteiger partial charge in [-0.15, -0.1) is 0 Å². The summed E-state index contributed by atoms with van der Waals surface area (Å²) in [6.07, 6.45) is 6.85. The average molecular weight is 369 g/mol. The first-order chi connectivity index (χ1) is 13.0. The number of methoxy groups -OCH3 is 1. The number of anilines is 1. The third kappa shape index (κ3) is 3.58. The summed E-state index contributed by atoms with van der Waals surface area (Å²) in [6.45, 7) is 3.75. The quantitative estimate of drug-likeness (QED) is 0.848. The smallest absolute Gasteiger partial charge is 0.253 e. The molecule has 144 valence electrons. The maximum atomic E-state index is 12.4. The van der Waals surface area contributed by atoms with Gasteiger partial charge in [-0.2, -0.15) is 0 Å². The summed E-state index contributed by atoms with van der Waals surface area (Å²) in [5, 5.41) is 12.8. The maximum Gasteiger partial charge on any atom is 0.253 e. The summed E-state index contributed by atoms with van der Waals surface area (Å²) in [7, 11) is 1.66.